The van der Waals surface area contributed by atoms with E-state index in [9.17, 15) is 17.6 Å². The minimum atomic E-state index is -4.54. The first-order valence-electron chi connectivity index (χ1n) is 6.90. The molecule has 6 heteroatoms. The third kappa shape index (κ3) is 3.19. The summed E-state index contributed by atoms with van der Waals surface area (Å²) >= 11 is 0. The summed E-state index contributed by atoms with van der Waals surface area (Å²) in [6.45, 7) is 5.16. The first-order valence-corrected chi connectivity index (χ1v) is 6.90. The summed E-state index contributed by atoms with van der Waals surface area (Å²) in [5, 5.41) is 7.45. The molecule has 2 nitrogen and oxygen atoms in total. The van der Waals surface area contributed by atoms with Crippen LogP contribution in [-0.2, 0) is 5.41 Å². The molecule has 0 aromatic heterocycles. The molecular weight excluding hydrogens is 284 g/mol. The Hall–Kier alpha value is -1.59. The first-order chi connectivity index (χ1) is 9.78. The van der Waals surface area contributed by atoms with Crippen LogP contribution in [0.15, 0.2) is 24.3 Å². The van der Waals surface area contributed by atoms with E-state index in [1.165, 1.54) is 30.0 Å². The van der Waals surface area contributed by atoms with Gasteiger partial charge in [0.05, 0.1) is 5.84 Å². The lowest BCUT2D eigenvalue weighted by Crippen LogP contribution is -2.45. The Kier molecular flexibility index (Phi) is 5.36. The number of hydrogen-bond donors (Lipinski definition) is 1. The summed E-state index contributed by atoms with van der Waals surface area (Å²) in [7, 11) is 0. The molecule has 0 aliphatic carbocycles. The largest absolute Gasteiger partial charge is 0.400 e. The summed E-state index contributed by atoms with van der Waals surface area (Å²) in [5.41, 5.74) is -2.55. The molecule has 1 aliphatic rings. The monoisotopic (exact) mass is 304 g/mol. The number of hydrogen-bond acceptors (Lipinski definition) is 1. The van der Waals surface area contributed by atoms with Gasteiger partial charge in [-0.15, -0.1) is 0 Å². The summed E-state index contributed by atoms with van der Waals surface area (Å²) in [5.74, 6) is -0.772. The Balaban J connectivity index is 0.00000106. The van der Waals surface area contributed by atoms with Crippen LogP contribution in [0.25, 0.3) is 0 Å². The maximum absolute atomic E-state index is 13.8. The van der Waals surface area contributed by atoms with Gasteiger partial charge >= 0.3 is 6.18 Å². The lowest BCUT2D eigenvalue weighted by atomic mass is 9.78. The fourth-order valence-corrected chi connectivity index (χ4v) is 2.55. The number of nitrogens with one attached hydrogen (secondary N) is 1. The topological polar surface area (TPSA) is 27.1 Å². The Bertz CT molecular complexity index is 499. The Morgan fingerprint density at radius 3 is 2.24 bits per heavy atom. The fourth-order valence-electron chi connectivity index (χ4n) is 2.55. The predicted molar refractivity (Wildman–Crippen MR) is 75.1 cm³/mol. The van der Waals surface area contributed by atoms with E-state index in [-0.39, 0.29) is 24.4 Å². The van der Waals surface area contributed by atoms with Crippen molar-refractivity contribution >= 4 is 5.84 Å². The number of halogens is 4. The van der Waals surface area contributed by atoms with E-state index in [4.69, 9.17) is 5.41 Å². The van der Waals surface area contributed by atoms with Crippen molar-refractivity contribution in [2.24, 2.45) is 0 Å². The lowest BCUT2D eigenvalue weighted by Gasteiger charge is -2.32. The molecule has 0 amide bonds. The van der Waals surface area contributed by atoms with Crippen LogP contribution in [0.4, 0.5) is 17.6 Å². The molecule has 1 heterocycles. The number of rotatable bonds is 1. The highest BCUT2D eigenvalue weighted by Gasteiger charge is 2.60. The van der Waals surface area contributed by atoms with Gasteiger partial charge in [-0.1, -0.05) is 32.0 Å². The van der Waals surface area contributed by atoms with E-state index in [1.54, 1.807) is 0 Å². The van der Waals surface area contributed by atoms with Crippen molar-refractivity contribution in [3.63, 3.8) is 0 Å². The number of alkyl halides is 3. The van der Waals surface area contributed by atoms with Crippen molar-refractivity contribution in [2.45, 2.75) is 38.8 Å². The van der Waals surface area contributed by atoms with Gasteiger partial charge in [0, 0.05) is 18.7 Å². The maximum Gasteiger partial charge on any atom is 0.400 e. The molecule has 1 fully saturated rings. The van der Waals surface area contributed by atoms with Crippen LogP contribution in [0.2, 0.25) is 0 Å². The molecule has 1 N–H and O–H groups in total. The molecule has 1 unspecified atom stereocenters. The molecule has 2 rings (SSSR count). The van der Waals surface area contributed by atoms with Crippen molar-refractivity contribution in [3.8, 4) is 0 Å². The van der Waals surface area contributed by atoms with E-state index >= 15 is 0 Å². The van der Waals surface area contributed by atoms with E-state index in [0.29, 0.717) is 0 Å². The van der Waals surface area contributed by atoms with E-state index < -0.39 is 24.0 Å². The third-order valence-corrected chi connectivity index (χ3v) is 3.68. The van der Waals surface area contributed by atoms with Crippen LogP contribution in [0.5, 0.6) is 0 Å². The second-order valence-electron chi connectivity index (χ2n) is 4.82. The SMILES string of the molecule is CC.CC(=N)N1CCC(c2ccccc2F)(C(F)(F)F)C1. The van der Waals surface area contributed by atoms with Gasteiger partial charge in [-0.05, 0) is 19.4 Å². The summed E-state index contributed by atoms with van der Waals surface area (Å²) in [6, 6.07) is 5.01. The second kappa shape index (κ2) is 6.45. The van der Waals surface area contributed by atoms with E-state index in [0.717, 1.165) is 6.07 Å². The van der Waals surface area contributed by atoms with Crippen LogP contribution < -0.4 is 0 Å². The van der Waals surface area contributed by atoms with Gasteiger partial charge in [-0.3, -0.25) is 5.41 Å². The molecule has 21 heavy (non-hydrogen) atoms. The number of nitrogens with zero attached hydrogens (tertiary/aromatic N) is 1. The second-order valence-corrected chi connectivity index (χ2v) is 4.82. The molecule has 1 aromatic carbocycles. The summed E-state index contributed by atoms with van der Waals surface area (Å²) in [6.07, 6.45) is -4.77. The zero-order valence-corrected chi connectivity index (χ0v) is 12.4. The van der Waals surface area contributed by atoms with Gasteiger partial charge < -0.3 is 4.90 Å². The number of benzene rings is 1. The quantitative estimate of drug-likeness (QED) is 0.466. The van der Waals surface area contributed by atoms with Gasteiger partial charge in [0.1, 0.15) is 11.2 Å². The molecule has 1 aliphatic heterocycles. The zero-order chi connectivity index (χ0) is 16.3. The van der Waals surface area contributed by atoms with Gasteiger partial charge in [-0.2, -0.15) is 13.2 Å². The summed E-state index contributed by atoms with van der Waals surface area (Å²) < 4.78 is 54.1. The van der Waals surface area contributed by atoms with Crippen molar-refractivity contribution in [1.29, 1.82) is 5.41 Å². The third-order valence-electron chi connectivity index (χ3n) is 3.68. The minimum Gasteiger partial charge on any atom is -0.360 e. The molecular formula is C15H20F4N2. The lowest BCUT2D eigenvalue weighted by molar-refractivity contribution is -0.187. The van der Waals surface area contributed by atoms with Gasteiger partial charge in [0.15, 0.2) is 0 Å². The molecule has 1 atom stereocenters. The van der Waals surface area contributed by atoms with Gasteiger partial charge in [0.2, 0.25) is 0 Å². The Morgan fingerprint density at radius 2 is 1.81 bits per heavy atom. The van der Waals surface area contributed by atoms with Crippen LogP contribution >= 0.6 is 0 Å². The van der Waals surface area contributed by atoms with Crippen LogP contribution in [0.3, 0.4) is 0 Å². The van der Waals surface area contributed by atoms with Crippen LogP contribution in [0, 0.1) is 11.2 Å². The minimum absolute atomic E-state index is 0.0717. The van der Waals surface area contributed by atoms with E-state index in [1.807, 2.05) is 13.8 Å². The first kappa shape index (κ1) is 17.5. The maximum atomic E-state index is 13.8. The molecule has 1 aromatic rings. The van der Waals surface area contributed by atoms with Crippen LogP contribution in [-0.4, -0.2) is 30.0 Å². The highest BCUT2D eigenvalue weighted by atomic mass is 19.4. The summed E-state index contributed by atoms with van der Waals surface area (Å²) in [4.78, 5) is 1.33. The molecule has 1 saturated heterocycles. The fraction of sp³-hybridized carbons (Fsp3) is 0.533. The molecule has 118 valence electrons. The van der Waals surface area contributed by atoms with Crippen molar-refractivity contribution in [2.75, 3.05) is 13.1 Å². The average Bonchev–Trinajstić information content (AvgIpc) is 2.87. The molecule has 0 saturated carbocycles. The predicted octanol–water partition coefficient (Wildman–Crippen LogP) is 4.35. The van der Waals surface area contributed by atoms with Crippen molar-refractivity contribution in [1.82, 2.24) is 4.90 Å². The Labute approximate surface area is 122 Å². The van der Waals surface area contributed by atoms with Gasteiger partial charge in [-0.25, -0.2) is 4.39 Å². The normalized spacial score (nSPS) is 21.8. The molecule has 0 bridgehead atoms. The molecule has 0 radical (unpaired) electrons. The van der Waals surface area contributed by atoms with Crippen molar-refractivity contribution < 1.29 is 17.6 Å². The highest BCUT2D eigenvalue weighted by molar-refractivity contribution is 5.77. The number of likely N-dealkylation sites (tertiary alicyclic amines) is 1. The van der Waals surface area contributed by atoms with Gasteiger partial charge in [0.25, 0.3) is 0 Å². The highest BCUT2D eigenvalue weighted by Crippen LogP contribution is 2.48. The van der Waals surface area contributed by atoms with E-state index in [2.05, 4.69) is 0 Å². The Morgan fingerprint density at radius 1 is 1.24 bits per heavy atom. The smallest absolute Gasteiger partial charge is 0.360 e. The van der Waals surface area contributed by atoms with Crippen LogP contribution in [0.1, 0.15) is 32.8 Å². The zero-order valence-electron chi connectivity index (χ0n) is 12.4. The standard InChI is InChI=1S/C13H14F4N2.C2H6/c1-9(18)19-7-6-12(8-19,13(15,16)17)10-4-2-3-5-11(10)14;1-2/h2-5,18H,6-8H2,1H3;1-2H3. The molecule has 0 spiro atoms. The van der Waals surface area contributed by atoms with Crippen molar-refractivity contribution in [3.05, 3.63) is 35.6 Å². The average molecular weight is 304 g/mol. The number of amidine groups is 1.